The number of rotatable bonds is 3. The van der Waals surface area contributed by atoms with Gasteiger partial charge < -0.3 is 4.43 Å². The minimum Gasteiger partial charge on any atom is -0.398 e. The third-order valence-corrected chi connectivity index (χ3v) is 4.95. The van der Waals surface area contributed by atoms with Crippen LogP contribution in [0.1, 0.15) is 23.1 Å². The molecule has 0 fully saturated rings. The summed E-state index contributed by atoms with van der Waals surface area (Å²) in [4.78, 5) is 5.44. The fourth-order valence-corrected chi connectivity index (χ4v) is 4.27. The van der Waals surface area contributed by atoms with E-state index < -0.39 is 13.9 Å². The molecule has 0 aliphatic carbocycles. The lowest BCUT2D eigenvalue weighted by Gasteiger charge is -2.31. The van der Waals surface area contributed by atoms with Crippen molar-refractivity contribution in [1.82, 2.24) is 4.98 Å². The van der Waals surface area contributed by atoms with Crippen LogP contribution >= 0.6 is 11.3 Å². The highest BCUT2D eigenvalue weighted by molar-refractivity contribution is 7.10. The van der Waals surface area contributed by atoms with Crippen LogP contribution in [0.25, 0.3) is 0 Å². The molecule has 2 rings (SSSR count). The second-order valence-electron chi connectivity index (χ2n) is 6.16. The zero-order chi connectivity index (χ0) is 15.5. The maximum absolute atomic E-state index is 6.37. The summed E-state index contributed by atoms with van der Waals surface area (Å²) in [5.41, 5.74) is 1.37. The molecule has 0 aliphatic rings. The third-order valence-electron chi connectivity index (χ3n) is 2.86. The molecule has 0 saturated carbocycles. The van der Waals surface area contributed by atoms with Crippen LogP contribution in [-0.2, 0) is 10.0 Å². The molecule has 2 aromatic heterocycles. The molecule has 2 nitrogen and oxygen atoms in total. The molecule has 0 bridgehead atoms. The second-order valence-corrected chi connectivity index (χ2v) is 11.5. The summed E-state index contributed by atoms with van der Waals surface area (Å²) in [6.45, 7) is 10.6. The van der Waals surface area contributed by atoms with E-state index in [0.717, 1.165) is 16.1 Å². The van der Waals surface area contributed by atoms with Gasteiger partial charge in [-0.15, -0.1) is 11.3 Å². The van der Waals surface area contributed by atoms with Crippen molar-refractivity contribution >= 4 is 19.7 Å². The lowest BCUT2D eigenvalue weighted by molar-refractivity contribution is 0.147. The summed E-state index contributed by atoms with van der Waals surface area (Å²) < 4.78 is 6.37. The SMILES string of the molecule is Cc1ccc(C#CC(C)(O[Si](C)(C)C)c2cccs2)cn1. The van der Waals surface area contributed by atoms with Crippen LogP contribution < -0.4 is 0 Å². The van der Waals surface area contributed by atoms with E-state index in [9.17, 15) is 0 Å². The first-order valence-electron chi connectivity index (χ1n) is 6.98. The Kier molecular flexibility index (Phi) is 4.67. The number of thiophene rings is 1. The Bertz CT molecular complexity index is 647. The van der Waals surface area contributed by atoms with Crippen LogP contribution in [0.2, 0.25) is 19.6 Å². The zero-order valence-corrected chi connectivity index (χ0v) is 15.0. The molecule has 0 amide bonds. The van der Waals surface area contributed by atoms with Crippen LogP contribution in [0.4, 0.5) is 0 Å². The van der Waals surface area contributed by atoms with Crippen LogP contribution in [-0.4, -0.2) is 13.3 Å². The highest BCUT2D eigenvalue weighted by Gasteiger charge is 2.32. The smallest absolute Gasteiger partial charge is 0.186 e. The molecule has 21 heavy (non-hydrogen) atoms. The van der Waals surface area contributed by atoms with Crippen molar-refractivity contribution in [3.05, 3.63) is 52.0 Å². The maximum atomic E-state index is 6.37. The van der Waals surface area contributed by atoms with Crippen molar-refractivity contribution in [2.45, 2.75) is 39.1 Å². The van der Waals surface area contributed by atoms with Gasteiger partial charge in [0, 0.05) is 22.3 Å². The molecular formula is C17H21NOSSi. The predicted octanol–water partition coefficient (Wildman–Crippen LogP) is 4.57. The first-order valence-corrected chi connectivity index (χ1v) is 11.3. The van der Waals surface area contributed by atoms with Crippen LogP contribution in [0, 0.1) is 18.8 Å². The summed E-state index contributed by atoms with van der Waals surface area (Å²) in [5.74, 6) is 6.54. The average Bonchev–Trinajstić information content (AvgIpc) is 2.90. The molecule has 0 N–H and O–H groups in total. The third kappa shape index (κ3) is 4.53. The Hall–Kier alpha value is -1.41. The molecule has 0 aromatic carbocycles. The first kappa shape index (κ1) is 16.0. The molecular weight excluding hydrogens is 294 g/mol. The molecule has 110 valence electrons. The zero-order valence-electron chi connectivity index (χ0n) is 13.2. The topological polar surface area (TPSA) is 22.1 Å². The van der Waals surface area contributed by atoms with Crippen molar-refractivity contribution in [3.8, 4) is 11.8 Å². The van der Waals surface area contributed by atoms with Crippen molar-refractivity contribution in [2.75, 3.05) is 0 Å². The Morgan fingerprint density at radius 1 is 1.24 bits per heavy atom. The Labute approximate surface area is 132 Å². The summed E-state index contributed by atoms with van der Waals surface area (Å²) in [7, 11) is -1.71. The minimum atomic E-state index is -1.71. The summed E-state index contributed by atoms with van der Waals surface area (Å²) in [6.07, 6.45) is 1.81. The van der Waals surface area contributed by atoms with Gasteiger partial charge in [-0.3, -0.25) is 4.98 Å². The van der Waals surface area contributed by atoms with Gasteiger partial charge in [-0.2, -0.15) is 0 Å². The van der Waals surface area contributed by atoms with E-state index in [1.165, 1.54) is 0 Å². The number of nitrogens with zero attached hydrogens (tertiary/aromatic N) is 1. The van der Waals surface area contributed by atoms with Crippen molar-refractivity contribution in [1.29, 1.82) is 0 Å². The van der Waals surface area contributed by atoms with Crippen LogP contribution in [0.15, 0.2) is 35.8 Å². The van der Waals surface area contributed by atoms with Gasteiger partial charge in [0.15, 0.2) is 13.9 Å². The lowest BCUT2D eigenvalue weighted by Crippen LogP contribution is -2.37. The van der Waals surface area contributed by atoms with Crippen LogP contribution in [0.5, 0.6) is 0 Å². The van der Waals surface area contributed by atoms with Gasteiger partial charge in [0.1, 0.15) is 0 Å². The van der Waals surface area contributed by atoms with Gasteiger partial charge in [-0.25, -0.2) is 0 Å². The summed E-state index contributed by atoms with van der Waals surface area (Å²) in [5, 5.41) is 2.07. The second kappa shape index (κ2) is 6.14. The van der Waals surface area contributed by atoms with E-state index in [1.807, 2.05) is 31.3 Å². The quantitative estimate of drug-likeness (QED) is 0.611. The Morgan fingerprint density at radius 3 is 2.52 bits per heavy atom. The summed E-state index contributed by atoms with van der Waals surface area (Å²) in [6, 6.07) is 8.11. The van der Waals surface area contributed by atoms with Crippen LogP contribution in [0.3, 0.4) is 0 Å². The molecule has 2 aromatic rings. The van der Waals surface area contributed by atoms with E-state index >= 15 is 0 Å². The predicted molar refractivity (Wildman–Crippen MR) is 92.0 cm³/mol. The average molecular weight is 316 g/mol. The molecule has 0 radical (unpaired) electrons. The molecule has 0 spiro atoms. The fraction of sp³-hybridized carbons (Fsp3) is 0.353. The van der Waals surface area contributed by atoms with E-state index in [4.69, 9.17) is 4.43 Å². The molecule has 2 heterocycles. The molecule has 4 heteroatoms. The van der Waals surface area contributed by atoms with Gasteiger partial charge in [-0.05, 0) is 57.1 Å². The molecule has 0 saturated heterocycles. The van der Waals surface area contributed by atoms with Crippen molar-refractivity contribution in [2.24, 2.45) is 0 Å². The lowest BCUT2D eigenvalue weighted by atomic mass is 10.1. The maximum Gasteiger partial charge on any atom is 0.186 e. The van der Waals surface area contributed by atoms with Crippen molar-refractivity contribution < 1.29 is 4.43 Å². The highest BCUT2D eigenvalue weighted by atomic mass is 32.1. The highest BCUT2D eigenvalue weighted by Crippen LogP contribution is 2.32. The van der Waals surface area contributed by atoms with E-state index in [1.54, 1.807) is 11.3 Å². The van der Waals surface area contributed by atoms with E-state index in [-0.39, 0.29) is 0 Å². The molecule has 1 atom stereocenters. The summed E-state index contributed by atoms with van der Waals surface area (Å²) >= 11 is 1.69. The van der Waals surface area contributed by atoms with Gasteiger partial charge in [0.05, 0.1) is 0 Å². The number of hydrogen-bond donors (Lipinski definition) is 0. The molecule has 0 aliphatic heterocycles. The van der Waals surface area contributed by atoms with Gasteiger partial charge in [-0.1, -0.05) is 17.9 Å². The molecule has 1 unspecified atom stereocenters. The van der Waals surface area contributed by atoms with E-state index in [2.05, 4.69) is 54.8 Å². The Morgan fingerprint density at radius 2 is 2.00 bits per heavy atom. The minimum absolute atomic E-state index is 0.552. The van der Waals surface area contributed by atoms with Crippen molar-refractivity contribution in [3.63, 3.8) is 0 Å². The van der Waals surface area contributed by atoms with E-state index in [0.29, 0.717) is 0 Å². The van der Waals surface area contributed by atoms with Gasteiger partial charge in [0.2, 0.25) is 0 Å². The number of pyridine rings is 1. The number of aryl methyl sites for hydroxylation is 1. The number of hydrogen-bond acceptors (Lipinski definition) is 3. The number of aromatic nitrogens is 1. The first-order chi connectivity index (χ1) is 9.78. The standard InChI is InChI=1S/C17H21NOSSi/c1-14-8-9-15(13-18-14)10-11-17(2,19-21(3,4)5)16-7-6-12-20-16/h6-9,12-13H,1-5H3. The Balaban J connectivity index is 2.35. The van der Waals surface area contributed by atoms with Gasteiger partial charge >= 0.3 is 0 Å². The van der Waals surface area contributed by atoms with Gasteiger partial charge in [0.25, 0.3) is 0 Å². The normalized spacial score (nSPS) is 14.1. The fourth-order valence-electron chi connectivity index (χ4n) is 2.03. The monoisotopic (exact) mass is 315 g/mol. The largest absolute Gasteiger partial charge is 0.398 e.